The molecule has 8 heteroatoms. The predicted octanol–water partition coefficient (Wildman–Crippen LogP) is 2.87. The van der Waals surface area contributed by atoms with Crippen LogP contribution in [-0.4, -0.2) is 27.2 Å². The summed E-state index contributed by atoms with van der Waals surface area (Å²) in [5.74, 6) is -3.18. The number of anilines is 1. The van der Waals surface area contributed by atoms with Gasteiger partial charge in [-0.05, 0) is 42.0 Å². The van der Waals surface area contributed by atoms with Crippen LogP contribution in [-0.2, 0) is 21.1 Å². The van der Waals surface area contributed by atoms with E-state index in [1.807, 2.05) is 0 Å². The Labute approximate surface area is 138 Å². The lowest BCUT2D eigenvalue weighted by Crippen LogP contribution is -2.15. The lowest BCUT2D eigenvalue weighted by atomic mass is 10.1. The Kier molecular flexibility index (Phi) is 5.50. The summed E-state index contributed by atoms with van der Waals surface area (Å²) in [6.45, 7) is 0. The molecule has 0 radical (unpaired) electrons. The molecule has 0 bridgehead atoms. The number of alkyl halides is 2. The zero-order valence-electron chi connectivity index (χ0n) is 12.7. The van der Waals surface area contributed by atoms with E-state index < -0.39 is 20.5 Å². The van der Waals surface area contributed by atoms with E-state index in [2.05, 4.69) is 5.32 Å². The topological polar surface area (TPSA) is 72.5 Å². The number of sulfone groups is 1. The number of carbonyl (C=O) groups is 1. The molecule has 0 aliphatic heterocycles. The van der Waals surface area contributed by atoms with E-state index in [0.29, 0.717) is 11.4 Å². The van der Waals surface area contributed by atoms with Crippen LogP contribution in [0, 0.1) is 0 Å². The summed E-state index contributed by atoms with van der Waals surface area (Å²) in [6, 6.07) is 11.6. The molecule has 0 saturated carbocycles. The summed E-state index contributed by atoms with van der Waals surface area (Å²) in [5, 5.41) is 2.57. The Morgan fingerprint density at radius 3 is 2.42 bits per heavy atom. The predicted molar refractivity (Wildman–Crippen MR) is 85.0 cm³/mol. The van der Waals surface area contributed by atoms with E-state index in [4.69, 9.17) is 4.74 Å². The van der Waals surface area contributed by atoms with Crippen molar-refractivity contribution in [3.8, 4) is 5.75 Å². The van der Waals surface area contributed by atoms with Crippen molar-refractivity contribution in [2.75, 3.05) is 12.4 Å². The van der Waals surface area contributed by atoms with Crippen LogP contribution < -0.4 is 10.1 Å². The normalized spacial score (nSPS) is 11.3. The van der Waals surface area contributed by atoms with Crippen molar-refractivity contribution in [1.82, 2.24) is 0 Å². The minimum atomic E-state index is -4.64. The van der Waals surface area contributed by atoms with E-state index in [9.17, 15) is 22.0 Å². The van der Waals surface area contributed by atoms with Crippen molar-refractivity contribution >= 4 is 21.4 Å². The van der Waals surface area contributed by atoms with Crippen LogP contribution in [0.1, 0.15) is 5.56 Å². The van der Waals surface area contributed by atoms with Gasteiger partial charge in [0.15, 0.2) is 0 Å². The zero-order chi connectivity index (χ0) is 17.7. The summed E-state index contributed by atoms with van der Waals surface area (Å²) >= 11 is 0. The van der Waals surface area contributed by atoms with Crippen molar-refractivity contribution in [2.24, 2.45) is 0 Å². The molecule has 0 aliphatic carbocycles. The SMILES string of the molecule is COc1cccc(CC(=O)Nc2ccc(S(=O)(=O)C(F)F)cc2)c1. The molecule has 0 heterocycles. The smallest absolute Gasteiger partial charge is 0.341 e. The second-order valence-corrected chi connectivity index (χ2v) is 6.82. The number of nitrogens with one attached hydrogen (secondary N) is 1. The number of methoxy groups -OCH3 is 1. The van der Waals surface area contributed by atoms with E-state index in [1.165, 1.54) is 19.2 Å². The summed E-state index contributed by atoms with van der Waals surface area (Å²) in [4.78, 5) is 11.5. The summed E-state index contributed by atoms with van der Waals surface area (Å²) in [6.07, 6.45) is 0.0916. The Morgan fingerprint density at radius 2 is 1.83 bits per heavy atom. The fourth-order valence-electron chi connectivity index (χ4n) is 2.00. The summed E-state index contributed by atoms with van der Waals surface area (Å²) in [5.41, 5.74) is 1.06. The monoisotopic (exact) mass is 355 g/mol. The quantitative estimate of drug-likeness (QED) is 0.865. The Morgan fingerprint density at radius 1 is 1.17 bits per heavy atom. The molecule has 0 fully saturated rings. The zero-order valence-corrected chi connectivity index (χ0v) is 13.5. The molecule has 1 amide bonds. The highest BCUT2D eigenvalue weighted by atomic mass is 32.2. The number of amides is 1. The molecule has 24 heavy (non-hydrogen) atoms. The van der Waals surface area contributed by atoms with Gasteiger partial charge in [-0.25, -0.2) is 8.42 Å². The average molecular weight is 355 g/mol. The maximum atomic E-state index is 12.4. The minimum Gasteiger partial charge on any atom is -0.497 e. The van der Waals surface area contributed by atoms with Crippen LogP contribution in [0.15, 0.2) is 53.4 Å². The Hall–Kier alpha value is -2.48. The van der Waals surface area contributed by atoms with Crippen molar-refractivity contribution in [3.05, 3.63) is 54.1 Å². The van der Waals surface area contributed by atoms with Crippen molar-refractivity contribution in [3.63, 3.8) is 0 Å². The van der Waals surface area contributed by atoms with Gasteiger partial charge in [0.1, 0.15) is 5.75 Å². The highest BCUT2D eigenvalue weighted by Crippen LogP contribution is 2.20. The molecule has 0 spiro atoms. The first-order valence-corrected chi connectivity index (χ1v) is 8.42. The average Bonchev–Trinajstić information content (AvgIpc) is 2.55. The van der Waals surface area contributed by atoms with Gasteiger partial charge in [0.2, 0.25) is 15.7 Å². The molecular weight excluding hydrogens is 340 g/mol. The van der Waals surface area contributed by atoms with Crippen LogP contribution in [0.5, 0.6) is 5.75 Å². The number of halogens is 2. The van der Waals surface area contributed by atoms with Gasteiger partial charge in [0.25, 0.3) is 0 Å². The number of hydrogen-bond acceptors (Lipinski definition) is 4. The first-order chi connectivity index (χ1) is 11.3. The standard InChI is InChI=1S/C16H15F2NO4S/c1-23-13-4-2-3-11(9-13)10-15(20)19-12-5-7-14(8-6-12)24(21,22)16(17)18/h2-9,16H,10H2,1H3,(H,19,20). The molecular formula is C16H15F2NO4S. The second-order valence-electron chi connectivity index (χ2n) is 4.91. The van der Waals surface area contributed by atoms with Gasteiger partial charge in [0, 0.05) is 5.69 Å². The van der Waals surface area contributed by atoms with Crippen LogP contribution in [0.2, 0.25) is 0 Å². The largest absolute Gasteiger partial charge is 0.497 e. The lowest BCUT2D eigenvalue weighted by molar-refractivity contribution is -0.115. The molecule has 2 aromatic carbocycles. The number of ether oxygens (including phenoxy) is 1. The molecule has 2 aromatic rings. The summed E-state index contributed by atoms with van der Waals surface area (Å²) < 4.78 is 52.6. The highest BCUT2D eigenvalue weighted by molar-refractivity contribution is 7.91. The molecule has 0 atom stereocenters. The van der Waals surface area contributed by atoms with Gasteiger partial charge >= 0.3 is 5.76 Å². The van der Waals surface area contributed by atoms with Gasteiger partial charge in [-0.1, -0.05) is 12.1 Å². The third-order valence-corrected chi connectivity index (χ3v) is 4.60. The van der Waals surface area contributed by atoms with Gasteiger partial charge in [-0.2, -0.15) is 8.78 Å². The molecule has 0 aliphatic rings. The van der Waals surface area contributed by atoms with Crippen molar-refractivity contribution in [1.29, 1.82) is 0 Å². The maximum absolute atomic E-state index is 12.4. The Balaban J connectivity index is 2.04. The van der Waals surface area contributed by atoms with Crippen LogP contribution >= 0.6 is 0 Å². The number of rotatable bonds is 6. The van der Waals surface area contributed by atoms with Crippen molar-refractivity contribution < 1.29 is 26.7 Å². The number of benzene rings is 2. The molecule has 128 valence electrons. The van der Waals surface area contributed by atoms with E-state index in [-0.39, 0.29) is 12.3 Å². The first-order valence-electron chi connectivity index (χ1n) is 6.88. The number of hydrogen-bond donors (Lipinski definition) is 1. The van der Waals surface area contributed by atoms with Crippen LogP contribution in [0.4, 0.5) is 14.5 Å². The van der Waals surface area contributed by atoms with Crippen LogP contribution in [0.3, 0.4) is 0 Å². The van der Waals surface area contributed by atoms with E-state index in [0.717, 1.165) is 17.7 Å². The van der Waals surface area contributed by atoms with E-state index >= 15 is 0 Å². The first kappa shape index (κ1) is 17.9. The number of carbonyl (C=O) groups excluding carboxylic acids is 1. The molecule has 5 nitrogen and oxygen atoms in total. The Bertz CT molecular complexity index is 820. The van der Waals surface area contributed by atoms with Crippen molar-refractivity contribution in [2.45, 2.75) is 17.1 Å². The van der Waals surface area contributed by atoms with Crippen LogP contribution in [0.25, 0.3) is 0 Å². The molecule has 0 saturated heterocycles. The third-order valence-electron chi connectivity index (χ3n) is 3.20. The summed E-state index contributed by atoms with van der Waals surface area (Å²) in [7, 11) is -3.12. The fourth-order valence-corrected chi connectivity index (χ4v) is 2.72. The fraction of sp³-hybridized carbons (Fsp3) is 0.188. The second kappa shape index (κ2) is 7.39. The molecule has 0 aromatic heterocycles. The van der Waals surface area contributed by atoms with Gasteiger partial charge in [-0.3, -0.25) is 4.79 Å². The lowest BCUT2D eigenvalue weighted by Gasteiger charge is -2.08. The third kappa shape index (κ3) is 4.29. The van der Waals surface area contributed by atoms with E-state index in [1.54, 1.807) is 24.3 Å². The highest BCUT2D eigenvalue weighted by Gasteiger charge is 2.26. The van der Waals surface area contributed by atoms with Gasteiger partial charge in [0.05, 0.1) is 18.4 Å². The van der Waals surface area contributed by atoms with Gasteiger partial charge < -0.3 is 10.1 Å². The minimum absolute atomic E-state index is 0.0916. The maximum Gasteiger partial charge on any atom is 0.341 e. The molecule has 1 N–H and O–H groups in total. The molecule has 2 rings (SSSR count). The van der Waals surface area contributed by atoms with Gasteiger partial charge in [-0.15, -0.1) is 0 Å². The molecule has 0 unspecified atom stereocenters.